The second-order valence-corrected chi connectivity index (χ2v) is 2.72. The van der Waals surface area contributed by atoms with Gasteiger partial charge in [-0.05, 0) is 25.3 Å². The highest BCUT2D eigenvalue weighted by Gasteiger charge is 2.00. The minimum Gasteiger partial charge on any atom is -0.402 e. The van der Waals surface area contributed by atoms with Gasteiger partial charge in [0.15, 0.2) is 0 Å². The molecule has 1 heterocycles. The zero-order valence-electron chi connectivity index (χ0n) is 7.41. The molecular weight excluding hydrogens is 172 g/mol. The summed E-state index contributed by atoms with van der Waals surface area (Å²) in [6, 6.07) is 0. The smallest absolute Gasteiger partial charge is 0.402 e. The molecule has 0 aromatic carbocycles. The van der Waals surface area contributed by atoms with Gasteiger partial charge in [0.25, 0.3) is 0 Å². The molecule has 0 bridgehead atoms. The van der Waals surface area contributed by atoms with Crippen molar-refractivity contribution in [3.63, 3.8) is 0 Å². The van der Waals surface area contributed by atoms with Gasteiger partial charge in [-0.15, -0.1) is 0 Å². The van der Waals surface area contributed by atoms with Gasteiger partial charge in [-0.1, -0.05) is 12.0 Å². The molecule has 0 amide bonds. The summed E-state index contributed by atoms with van der Waals surface area (Å²) in [5.74, 6) is 0. The van der Waals surface area contributed by atoms with Crippen molar-refractivity contribution >= 4 is 6.16 Å². The second-order valence-electron chi connectivity index (χ2n) is 2.72. The van der Waals surface area contributed by atoms with Crippen molar-refractivity contribution in [1.29, 1.82) is 0 Å². The molecule has 13 heavy (non-hydrogen) atoms. The first-order valence-corrected chi connectivity index (χ1v) is 4.40. The van der Waals surface area contributed by atoms with Gasteiger partial charge in [-0.2, -0.15) is 0 Å². The van der Waals surface area contributed by atoms with Crippen LogP contribution in [0.15, 0.2) is 12.3 Å². The van der Waals surface area contributed by atoms with Crippen LogP contribution in [0, 0.1) is 0 Å². The number of hydrogen-bond donors (Lipinski definition) is 2. The van der Waals surface area contributed by atoms with Gasteiger partial charge in [0.05, 0.1) is 6.26 Å². The van der Waals surface area contributed by atoms with E-state index in [-0.39, 0.29) is 0 Å². The number of ether oxygens (including phenoxy) is 1. The number of rotatable bonds is 0. The largest absolute Gasteiger partial charge is 0.533 e. The molecule has 0 radical (unpaired) electrons. The third-order valence-electron chi connectivity index (χ3n) is 1.64. The predicted octanol–water partition coefficient (Wildman–Crippen LogP) is 1.24. The van der Waals surface area contributed by atoms with E-state index in [9.17, 15) is 4.79 Å². The number of hydrogen-bond acceptors (Lipinski definition) is 5. The van der Waals surface area contributed by atoms with Gasteiger partial charge >= 0.3 is 6.16 Å². The summed E-state index contributed by atoms with van der Waals surface area (Å²) in [7, 11) is 0. The molecule has 2 N–H and O–H groups in total. The second kappa shape index (κ2) is 6.45. The Balaban J connectivity index is 2.26. The van der Waals surface area contributed by atoms with Crippen molar-refractivity contribution in [3.05, 3.63) is 12.3 Å². The molecule has 0 aliphatic carbocycles. The van der Waals surface area contributed by atoms with E-state index in [1.54, 1.807) is 0 Å². The molecule has 1 aliphatic heterocycles. The quantitative estimate of drug-likeness (QED) is 0.557. The van der Waals surface area contributed by atoms with Gasteiger partial charge in [0.1, 0.15) is 0 Å². The molecule has 0 saturated carbocycles. The predicted molar refractivity (Wildman–Crippen MR) is 46.3 cm³/mol. The fourth-order valence-electron chi connectivity index (χ4n) is 0.977. The summed E-state index contributed by atoms with van der Waals surface area (Å²) in [4.78, 5) is 15.1. The SMILES string of the molecule is O=C1OC=CCCCCCNNO1. The first-order valence-electron chi connectivity index (χ1n) is 4.40. The Morgan fingerprint density at radius 2 is 2.23 bits per heavy atom. The van der Waals surface area contributed by atoms with Crippen LogP contribution in [0.2, 0.25) is 0 Å². The number of nitrogens with one attached hydrogen (secondary N) is 2. The van der Waals surface area contributed by atoms with Crippen molar-refractivity contribution < 1.29 is 14.4 Å². The van der Waals surface area contributed by atoms with Crippen LogP contribution in [0.1, 0.15) is 25.7 Å². The lowest BCUT2D eigenvalue weighted by Gasteiger charge is -2.06. The maximum Gasteiger partial charge on any atom is 0.533 e. The molecule has 0 aromatic heterocycles. The number of cyclic esters (lactones) is 1. The molecule has 0 unspecified atom stereocenters. The Hall–Kier alpha value is -1.07. The van der Waals surface area contributed by atoms with E-state index in [1.807, 2.05) is 6.08 Å². The summed E-state index contributed by atoms with van der Waals surface area (Å²) in [5, 5.41) is 0. The average Bonchev–Trinajstić information content (AvgIpc) is 2.11. The number of hydrazine groups is 1. The van der Waals surface area contributed by atoms with Crippen LogP contribution in [0.4, 0.5) is 4.79 Å². The van der Waals surface area contributed by atoms with Crippen LogP contribution >= 0.6 is 0 Å². The maximum absolute atomic E-state index is 10.7. The topological polar surface area (TPSA) is 59.6 Å². The van der Waals surface area contributed by atoms with Gasteiger partial charge in [-0.3, -0.25) is 0 Å². The Labute approximate surface area is 77.0 Å². The minimum absolute atomic E-state index is 0.760. The summed E-state index contributed by atoms with van der Waals surface area (Å²) < 4.78 is 4.57. The van der Waals surface area contributed by atoms with Crippen molar-refractivity contribution in [2.75, 3.05) is 6.54 Å². The highest BCUT2D eigenvalue weighted by Crippen LogP contribution is 2.00. The molecule has 5 nitrogen and oxygen atoms in total. The molecular formula is C8H14N2O3. The molecule has 0 fully saturated rings. The molecule has 1 aliphatic rings. The first kappa shape index (κ1) is 10.0. The van der Waals surface area contributed by atoms with E-state index >= 15 is 0 Å². The van der Waals surface area contributed by atoms with Crippen LogP contribution < -0.4 is 11.0 Å². The lowest BCUT2D eigenvalue weighted by Crippen LogP contribution is -2.34. The third-order valence-corrected chi connectivity index (χ3v) is 1.64. The highest BCUT2D eigenvalue weighted by atomic mass is 16.8. The van der Waals surface area contributed by atoms with Gasteiger partial charge in [0.2, 0.25) is 0 Å². The van der Waals surface area contributed by atoms with Crippen molar-refractivity contribution in [2.45, 2.75) is 25.7 Å². The van der Waals surface area contributed by atoms with Crippen molar-refractivity contribution in [3.8, 4) is 0 Å². The highest BCUT2D eigenvalue weighted by molar-refractivity contribution is 5.60. The van der Waals surface area contributed by atoms with Crippen LogP contribution in [0.25, 0.3) is 0 Å². The number of carbonyl (C=O) groups is 1. The van der Waals surface area contributed by atoms with E-state index in [4.69, 9.17) is 0 Å². The van der Waals surface area contributed by atoms with E-state index in [0.29, 0.717) is 0 Å². The average molecular weight is 186 g/mol. The Morgan fingerprint density at radius 3 is 3.15 bits per heavy atom. The van der Waals surface area contributed by atoms with E-state index in [1.165, 1.54) is 6.26 Å². The molecule has 0 spiro atoms. The fraction of sp³-hybridized carbons (Fsp3) is 0.625. The van der Waals surface area contributed by atoms with E-state index in [2.05, 4.69) is 20.6 Å². The molecule has 0 aromatic rings. The lowest BCUT2D eigenvalue weighted by atomic mass is 10.2. The van der Waals surface area contributed by atoms with Crippen LogP contribution in [-0.2, 0) is 9.57 Å². The lowest BCUT2D eigenvalue weighted by molar-refractivity contribution is 0.0196. The van der Waals surface area contributed by atoms with Crippen LogP contribution in [0.3, 0.4) is 0 Å². The summed E-state index contributed by atoms with van der Waals surface area (Å²) in [6.07, 6.45) is 6.65. The van der Waals surface area contributed by atoms with Crippen LogP contribution in [-0.4, -0.2) is 12.7 Å². The molecule has 5 heteroatoms. The zero-order chi connectivity index (χ0) is 9.36. The van der Waals surface area contributed by atoms with Crippen molar-refractivity contribution in [1.82, 2.24) is 11.0 Å². The Kier molecular flexibility index (Phi) is 4.97. The van der Waals surface area contributed by atoms with Crippen molar-refractivity contribution in [2.24, 2.45) is 0 Å². The minimum atomic E-state index is -0.760. The summed E-state index contributed by atoms with van der Waals surface area (Å²) >= 11 is 0. The standard InChI is InChI=1S/C8H14N2O3/c11-8-12-7-5-3-1-2-4-6-9-10-13-8/h5,7,9-10H,1-4,6H2. The fourth-order valence-corrected chi connectivity index (χ4v) is 0.977. The van der Waals surface area contributed by atoms with Gasteiger partial charge in [0, 0.05) is 6.54 Å². The summed E-state index contributed by atoms with van der Waals surface area (Å²) in [6.45, 7) is 0.775. The first-order chi connectivity index (χ1) is 6.39. The third kappa shape index (κ3) is 5.21. The van der Waals surface area contributed by atoms with Gasteiger partial charge in [-0.25, -0.2) is 10.2 Å². The molecule has 0 saturated heterocycles. The summed E-state index contributed by atoms with van der Waals surface area (Å²) in [5.41, 5.74) is 5.03. The number of allylic oxidation sites excluding steroid dienone is 1. The normalized spacial score (nSPS) is 20.8. The van der Waals surface area contributed by atoms with Gasteiger partial charge < -0.3 is 9.57 Å². The Bertz CT molecular complexity index is 182. The molecule has 74 valence electrons. The Morgan fingerprint density at radius 1 is 1.31 bits per heavy atom. The van der Waals surface area contributed by atoms with E-state index in [0.717, 1.165) is 32.2 Å². The maximum atomic E-state index is 10.7. The number of carbonyl (C=O) groups excluding carboxylic acids is 1. The molecule has 1 rings (SSSR count). The molecule has 0 atom stereocenters. The zero-order valence-corrected chi connectivity index (χ0v) is 7.41. The van der Waals surface area contributed by atoms with Crippen LogP contribution in [0.5, 0.6) is 0 Å². The monoisotopic (exact) mass is 186 g/mol. The van der Waals surface area contributed by atoms with E-state index < -0.39 is 6.16 Å².